The third kappa shape index (κ3) is 4.62. The van der Waals surface area contributed by atoms with Gasteiger partial charge in [-0.2, -0.15) is 10.2 Å². The van der Waals surface area contributed by atoms with E-state index in [0.29, 0.717) is 41.4 Å². The van der Waals surface area contributed by atoms with Crippen molar-refractivity contribution in [3.8, 4) is 17.1 Å². The van der Waals surface area contributed by atoms with Crippen LogP contribution in [0.15, 0.2) is 60.9 Å². The minimum Gasteiger partial charge on any atom is -0.480 e. The Bertz CT molecular complexity index is 1390. The van der Waals surface area contributed by atoms with Crippen molar-refractivity contribution in [1.82, 2.24) is 24.6 Å². The van der Waals surface area contributed by atoms with Crippen LogP contribution in [0.2, 0.25) is 0 Å². The lowest BCUT2D eigenvalue weighted by Crippen LogP contribution is -2.33. The molecule has 1 aromatic carbocycles. The summed E-state index contributed by atoms with van der Waals surface area (Å²) < 4.78 is 6.92. The largest absolute Gasteiger partial charge is 0.480 e. The van der Waals surface area contributed by atoms with Crippen LogP contribution in [0, 0.1) is 0 Å². The fourth-order valence-corrected chi connectivity index (χ4v) is 3.94. The molecule has 0 saturated carbocycles. The van der Waals surface area contributed by atoms with Crippen molar-refractivity contribution in [1.29, 1.82) is 0 Å². The first-order valence-electron chi connectivity index (χ1n) is 11.0. The van der Waals surface area contributed by atoms with Crippen molar-refractivity contribution in [2.24, 2.45) is 0 Å². The Morgan fingerprint density at radius 1 is 1.14 bits per heavy atom. The highest BCUT2D eigenvalue weighted by molar-refractivity contribution is 5.91. The zero-order chi connectivity index (χ0) is 24.4. The second kappa shape index (κ2) is 9.39. The Hall–Kier alpha value is -4.51. The Morgan fingerprint density at radius 3 is 2.74 bits per heavy atom. The van der Waals surface area contributed by atoms with Crippen LogP contribution in [0.1, 0.15) is 24.9 Å². The maximum atomic E-state index is 13.1. The number of pyridine rings is 1. The molecule has 0 radical (unpaired) electrons. The first-order chi connectivity index (χ1) is 17.0. The maximum Gasteiger partial charge on any atom is 0.346 e. The van der Waals surface area contributed by atoms with Crippen LogP contribution in [-0.4, -0.2) is 50.3 Å². The number of aromatic nitrogens is 4. The molecule has 1 fully saturated rings. The van der Waals surface area contributed by atoms with E-state index in [2.05, 4.69) is 25.7 Å². The third-order valence-electron chi connectivity index (χ3n) is 5.50. The molecule has 1 atom stereocenters. The zero-order valence-electron chi connectivity index (χ0n) is 19.1. The molecule has 1 saturated heterocycles. The standard InChI is InChI=1S/C24H23N7O4/c1-15(32)26-21-14-30-22(28-21)9-8-18(29-30)17-12-19(23(34-2)25-13-17)27-24(33)31-20(10-11-35-31)16-6-4-3-5-7-16/h3-9,12-14,20H,10-11H2,1-2H3,(H,26,32)(H,27,33)/t20-/m0/s1. The summed E-state index contributed by atoms with van der Waals surface area (Å²) in [6, 6.07) is 14.4. The number of imidazole rings is 1. The van der Waals surface area contributed by atoms with E-state index in [-0.39, 0.29) is 17.8 Å². The van der Waals surface area contributed by atoms with Gasteiger partial charge in [0.05, 0.1) is 31.6 Å². The van der Waals surface area contributed by atoms with E-state index in [4.69, 9.17) is 9.57 Å². The fourth-order valence-electron chi connectivity index (χ4n) is 3.94. The number of urea groups is 1. The van der Waals surface area contributed by atoms with Gasteiger partial charge in [0.2, 0.25) is 11.8 Å². The summed E-state index contributed by atoms with van der Waals surface area (Å²) in [5, 5.41) is 11.4. The Balaban J connectivity index is 1.41. The number of fused-ring (bicyclic) bond motifs is 1. The minimum absolute atomic E-state index is 0.193. The summed E-state index contributed by atoms with van der Waals surface area (Å²) in [5.41, 5.74) is 3.19. The maximum absolute atomic E-state index is 13.1. The molecule has 11 nitrogen and oxygen atoms in total. The smallest absolute Gasteiger partial charge is 0.346 e. The van der Waals surface area contributed by atoms with Crippen LogP contribution in [0.25, 0.3) is 16.9 Å². The highest BCUT2D eigenvalue weighted by atomic mass is 16.7. The number of carbonyl (C=O) groups is 2. The molecular weight excluding hydrogens is 450 g/mol. The topological polar surface area (TPSA) is 123 Å². The molecule has 178 valence electrons. The monoisotopic (exact) mass is 473 g/mol. The van der Waals surface area contributed by atoms with Gasteiger partial charge in [0.25, 0.3) is 0 Å². The van der Waals surface area contributed by atoms with Crippen molar-refractivity contribution >= 4 is 29.1 Å². The quantitative estimate of drug-likeness (QED) is 0.453. The normalized spacial score (nSPS) is 15.3. The molecule has 5 rings (SSSR count). The summed E-state index contributed by atoms with van der Waals surface area (Å²) >= 11 is 0. The number of amides is 3. The van der Waals surface area contributed by atoms with Crippen LogP contribution in [0.4, 0.5) is 16.3 Å². The molecular formula is C24H23N7O4. The Kier molecular flexibility index (Phi) is 5.98. The molecule has 3 aromatic heterocycles. The van der Waals surface area contributed by atoms with Gasteiger partial charge in [-0.3, -0.25) is 9.63 Å². The lowest BCUT2D eigenvalue weighted by Gasteiger charge is -2.23. The number of methoxy groups -OCH3 is 1. The SMILES string of the molecule is COc1ncc(-c2ccc3nc(NC(C)=O)cn3n2)cc1NC(=O)N1OCC[C@H]1c1ccccc1. The molecule has 4 aromatic rings. The Morgan fingerprint density at radius 2 is 1.97 bits per heavy atom. The number of nitrogens with one attached hydrogen (secondary N) is 2. The van der Waals surface area contributed by atoms with Crippen LogP contribution in [0.5, 0.6) is 5.88 Å². The van der Waals surface area contributed by atoms with Crippen molar-refractivity contribution in [2.75, 3.05) is 24.4 Å². The highest BCUT2D eigenvalue weighted by Crippen LogP contribution is 2.32. The second-order valence-corrected chi connectivity index (χ2v) is 7.91. The van der Waals surface area contributed by atoms with Crippen LogP contribution >= 0.6 is 0 Å². The first-order valence-corrected chi connectivity index (χ1v) is 11.0. The number of hydrogen-bond acceptors (Lipinski definition) is 7. The lowest BCUT2D eigenvalue weighted by molar-refractivity contribution is -0.114. The first kappa shape index (κ1) is 22.3. The summed E-state index contributed by atoms with van der Waals surface area (Å²) in [6.45, 7) is 1.86. The number of nitrogens with zero attached hydrogens (tertiary/aromatic N) is 5. The van der Waals surface area contributed by atoms with E-state index >= 15 is 0 Å². The number of benzene rings is 1. The average Bonchev–Trinajstić information content (AvgIpc) is 3.50. The van der Waals surface area contributed by atoms with Crippen molar-refractivity contribution in [3.05, 3.63) is 66.5 Å². The van der Waals surface area contributed by atoms with Gasteiger partial charge in [0, 0.05) is 25.1 Å². The molecule has 1 aliphatic rings. The third-order valence-corrected chi connectivity index (χ3v) is 5.50. The molecule has 0 unspecified atom stereocenters. The van der Waals surface area contributed by atoms with E-state index in [1.54, 1.807) is 35.1 Å². The number of hydrogen-bond donors (Lipinski definition) is 2. The van der Waals surface area contributed by atoms with Crippen LogP contribution < -0.4 is 15.4 Å². The van der Waals surface area contributed by atoms with Gasteiger partial charge >= 0.3 is 6.03 Å². The van der Waals surface area contributed by atoms with Crippen molar-refractivity contribution in [2.45, 2.75) is 19.4 Å². The molecule has 1 aliphatic heterocycles. The van der Waals surface area contributed by atoms with E-state index in [0.717, 1.165) is 5.56 Å². The number of anilines is 2. The molecule has 4 heterocycles. The van der Waals surface area contributed by atoms with Gasteiger partial charge < -0.3 is 15.4 Å². The fraction of sp³-hybridized carbons (Fsp3) is 0.208. The highest BCUT2D eigenvalue weighted by Gasteiger charge is 2.32. The zero-order valence-corrected chi connectivity index (χ0v) is 19.1. The van der Waals surface area contributed by atoms with Gasteiger partial charge in [0.1, 0.15) is 5.69 Å². The van der Waals surface area contributed by atoms with Crippen LogP contribution in [0.3, 0.4) is 0 Å². The summed E-state index contributed by atoms with van der Waals surface area (Å²) in [6.07, 6.45) is 3.92. The average molecular weight is 473 g/mol. The van der Waals surface area contributed by atoms with Gasteiger partial charge in [0.15, 0.2) is 11.5 Å². The van der Waals surface area contributed by atoms with E-state index in [1.807, 2.05) is 30.3 Å². The molecule has 0 aliphatic carbocycles. The number of carbonyl (C=O) groups excluding carboxylic acids is 2. The molecule has 0 bridgehead atoms. The second-order valence-electron chi connectivity index (χ2n) is 7.91. The van der Waals surface area contributed by atoms with Gasteiger partial charge in [-0.15, -0.1) is 0 Å². The number of rotatable bonds is 5. The molecule has 11 heteroatoms. The van der Waals surface area contributed by atoms with Gasteiger partial charge in [-0.25, -0.2) is 19.3 Å². The van der Waals surface area contributed by atoms with E-state index in [1.165, 1.54) is 19.1 Å². The van der Waals surface area contributed by atoms with Crippen LogP contribution in [-0.2, 0) is 9.63 Å². The summed E-state index contributed by atoms with van der Waals surface area (Å²) in [7, 11) is 1.48. The number of hydroxylamine groups is 2. The van der Waals surface area contributed by atoms with E-state index < -0.39 is 6.03 Å². The molecule has 0 spiro atoms. The molecule has 2 N–H and O–H groups in total. The lowest BCUT2D eigenvalue weighted by atomic mass is 10.1. The number of ether oxygens (including phenoxy) is 1. The Labute approximate surface area is 200 Å². The molecule has 3 amide bonds. The van der Waals surface area contributed by atoms with Crippen molar-refractivity contribution < 1.29 is 19.2 Å². The van der Waals surface area contributed by atoms with E-state index in [9.17, 15) is 9.59 Å². The summed E-state index contributed by atoms with van der Waals surface area (Å²) in [4.78, 5) is 38.7. The molecule has 35 heavy (non-hydrogen) atoms. The predicted octanol–water partition coefficient (Wildman–Crippen LogP) is 3.67. The summed E-state index contributed by atoms with van der Waals surface area (Å²) in [5.74, 6) is 0.445. The van der Waals surface area contributed by atoms with Gasteiger partial charge in [-0.05, 0) is 23.8 Å². The predicted molar refractivity (Wildman–Crippen MR) is 128 cm³/mol. The van der Waals surface area contributed by atoms with Crippen molar-refractivity contribution in [3.63, 3.8) is 0 Å². The minimum atomic E-state index is -0.424. The van der Waals surface area contributed by atoms with Gasteiger partial charge in [-0.1, -0.05) is 30.3 Å².